The number of nitrogens with one attached hydrogen (secondary N) is 2. The highest BCUT2D eigenvalue weighted by Gasteiger charge is 2.12. The van der Waals surface area contributed by atoms with Crippen LogP contribution in [0.4, 0.5) is 5.69 Å². The van der Waals surface area contributed by atoms with E-state index in [1.807, 2.05) is 48.5 Å². The SMILES string of the molecule is N[C@@H](Cc1ccccc1)c1n[nH]c(CNc2ccccc2)n1. The first-order valence-corrected chi connectivity index (χ1v) is 7.31. The molecule has 3 rings (SSSR count). The normalized spacial score (nSPS) is 12.0. The van der Waals surface area contributed by atoms with E-state index in [9.17, 15) is 0 Å². The van der Waals surface area contributed by atoms with Crippen molar-refractivity contribution in [2.24, 2.45) is 5.73 Å². The van der Waals surface area contributed by atoms with Gasteiger partial charge in [0.1, 0.15) is 5.82 Å². The Morgan fingerprint density at radius 1 is 1.00 bits per heavy atom. The zero-order valence-electron chi connectivity index (χ0n) is 12.2. The van der Waals surface area contributed by atoms with Gasteiger partial charge in [-0.1, -0.05) is 48.5 Å². The summed E-state index contributed by atoms with van der Waals surface area (Å²) in [6, 6.07) is 19.9. The number of para-hydroxylation sites is 1. The van der Waals surface area contributed by atoms with Crippen molar-refractivity contribution in [3.8, 4) is 0 Å². The summed E-state index contributed by atoms with van der Waals surface area (Å²) >= 11 is 0. The minimum atomic E-state index is -0.205. The van der Waals surface area contributed by atoms with Gasteiger partial charge >= 0.3 is 0 Å². The fourth-order valence-corrected chi connectivity index (χ4v) is 2.26. The second-order valence-electron chi connectivity index (χ2n) is 5.16. The molecule has 0 aliphatic rings. The molecule has 3 aromatic rings. The van der Waals surface area contributed by atoms with Gasteiger partial charge in [-0.2, -0.15) is 5.10 Å². The predicted octanol–water partition coefficient (Wildman–Crippen LogP) is 2.66. The molecular formula is C17H19N5. The third kappa shape index (κ3) is 3.71. The third-order valence-corrected chi connectivity index (χ3v) is 3.41. The number of hydrogen-bond acceptors (Lipinski definition) is 4. The van der Waals surface area contributed by atoms with Crippen LogP contribution in [0.5, 0.6) is 0 Å². The highest BCUT2D eigenvalue weighted by molar-refractivity contribution is 5.42. The van der Waals surface area contributed by atoms with Gasteiger partial charge in [0.15, 0.2) is 5.82 Å². The van der Waals surface area contributed by atoms with Crippen LogP contribution in [-0.2, 0) is 13.0 Å². The Morgan fingerprint density at radius 3 is 2.41 bits per heavy atom. The van der Waals surface area contributed by atoms with Crippen LogP contribution in [-0.4, -0.2) is 15.2 Å². The number of anilines is 1. The quantitative estimate of drug-likeness (QED) is 0.653. The number of H-pyrrole nitrogens is 1. The number of rotatable bonds is 6. The third-order valence-electron chi connectivity index (χ3n) is 3.41. The van der Waals surface area contributed by atoms with Gasteiger partial charge in [0.2, 0.25) is 0 Å². The number of nitrogens with zero attached hydrogens (tertiary/aromatic N) is 2. The van der Waals surface area contributed by atoms with Crippen molar-refractivity contribution in [1.29, 1.82) is 0 Å². The van der Waals surface area contributed by atoms with Crippen LogP contribution in [0.25, 0.3) is 0 Å². The number of benzene rings is 2. The molecule has 0 aliphatic heterocycles. The number of hydrogen-bond donors (Lipinski definition) is 3. The minimum absolute atomic E-state index is 0.205. The monoisotopic (exact) mass is 293 g/mol. The summed E-state index contributed by atoms with van der Waals surface area (Å²) in [5, 5.41) is 10.5. The van der Waals surface area contributed by atoms with Crippen molar-refractivity contribution in [2.75, 3.05) is 5.32 Å². The van der Waals surface area contributed by atoms with Crippen LogP contribution in [0.15, 0.2) is 60.7 Å². The maximum Gasteiger partial charge on any atom is 0.167 e. The molecule has 0 unspecified atom stereocenters. The second kappa shape index (κ2) is 6.87. The van der Waals surface area contributed by atoms with Crippen LogP contribution in [0.1, 0.15) is 23.3 Å². The van der Waals surface area contributed by atoms with Crippen LogP contribution in [0.2, 0.25) is 0 Å². The van der Waals surface area contributed by atoms with Crippen molar-refractivity contribution in [1.82, 2.24) is 15.2 Å². The standard InChI is InChI=1S/C17H19N5/c18-15(11-13-7-3-1-4-8-13)17-20-16(21-22-17)12-19-14-9-5-2-6-10-14/h1-10,15,19H,11-12,18H2,(H,20,21,22)/t15-/m0/s1. The Hall–Kier alpha value is -2.66. The number of aromatic nitrogens is 3. The van der Waals surface area contributed by atoms with Crippen molar-refractivity contribution in [2.45, 2.75) is 19.0 Å². The first-order valence-electron chi connectivity index (χ1n) is 7.31. The molecule has 5 nitrogen and oxygen atoms in total. The van der Waals surface area contributed by atoms with Crippen LogP contribution >= 0.6 is 0 Å². The Morgan fingerprint density at radius 2 is 1.68 bits per heavy atom. The molecule has 2 aromatic carbocycles. The molecule has 0 fully saturated rings. The van der Waals surface area contributed by atoms with E-state index in [2.05, 4.69) is 32.6 Å². The molecule has 0 aliphatic carbocycles. The van der Waals surface area contributed by atoms with E-state index < -0.39 is 0 Å². The summed E-state index contributed by atoms with van der Waals surface area (Å²) in [5.74, 6) is 1.43. The molecule has 0 saturated heterocycles. The number of aromatic amines is 1. The zero-order chi connectivity index (χ0) is 15.2. The highest BCUT2D eigenvalue weighted by atomic mass is 15.2. The van der Waals surface area contributed by atoms with E-state index in [1.165, 1.54) is 5.56 Å². The summed E-state index contributed by atoms with van der Waals surface area (Å²) in [4.78, 5) is 4.47. The van der Waals surface area contributed by atoms with Crippen LogP contribution < -0.4 is 11.1 Å². The van der Waals surface area contributed by atoms with E-state index >= 15 is 0 Å². The van der Waals surface area contributed by atoms with Crippen LogP contribution in [0.3, 0.4) is 0 Å². The maximum absolute atomic E-state index is 6.18. The Bertz CT molecular complexity index is 693. The lowest BCUT2D eigenvalue weighted by Crippen LogP contribution is -2.15. The Kier molecular flexibility index (Phi) is 4.46. The fourth-order valence-electron chi connectivity index (χ4n) is 2.26. The summed E-state index contributed by atoms with van der Waals surface area (Å²) in [7, 11) is 0. The van der Waals surface area contributed by atoms with Gasteiger partial charge in [0.05, 0.1) is 12.6 Å². The molecule has 1 aromatic heterocycles. The highest BCUT2D eigenvalue weighted by Crippen LogP contribution is 2.13. The lowest BCUT2D eigenvalue weighted by atomic mass is 10.1. The van der Waals surface area contributed by atoms with Crippen molar-refractivity contribution in [3.05, 3.63) is 77.9 Å². The first kappa shape index (κ1) is 14.3. The second-order valence-corrected chi connectivity index (χ2v) is 5.16. The number of nitrogens with two attached hydrogens (primary N) is 1. The summed E-state index contributed by atoms with van der Waals surface area (Å²) in [6.07, 6.45) is 0.726. The molecule has 22 heavy (non-hydrogen) atoms. The molecule has 0 spiro atoms. The van der Waals surface area contributed by atoms with E-state index in [1.54, 1.807) is 0 Å². The van der Waals surface area contributed by atoms with E-state index in [0.717, 1.165) is 17.9 Å². The zero-order valence-corrected chi connectivity index (χ0v) is 12.2. The topological polar surface area (TPSA) is 79.6 Å². The average molecular weight is 293 g/mol. The fraction of sp³-hybridized carbons (Fsp3) is 0.176. The summed E-state index contributed by atoms with van der Waals surface area (Å²) in [5.41, 5.74) is 8.42. The van der Waals surface area contributed by atoms with Gasteiger partial charge in [-0.05, 0) is 24.1 Å². The van der Waals surface area contributed by atoms with Crippen molar-refractivity contribution < 1.29 is 0 Å². The van der Waals surface area contributed by atoms with Gasteiger partial charge in [-0.3, -0.25) is 5.10 Å². The summed E-state index contributed by atoms with van der Waals surface area (Å²) in [6.45, 7) is 0.592. The smallest absolute Gasteiger partial charge is 0.167 e. The van der Waals surface area contributed by atoms with E-state index in [0.29, 0.717) is 12.4 Å². The molecule has 5 heteroatoms. The van der Waals surface area contributed by atoms with E-state index in [-0.39, 0.29) is 6.04 Å². The predicted molar refractivity (Wildman–Crippen MR) is 87.2 cm³/mol. The van der Waals surface area contributed by atoms with Gasteiger partial charge in [0.25, 0.3) is 0 Å². The van der Waals surface area contributed by atoms with Crippen molar-refractivity contribution in [3.63, 3.8) is 0 Å². The van der Waals surface area contributed by atoms with Crippen LogP contribution in [0, 0.1) is 0 Å². The molecular weight excluding hydrogens is 274 g/mol. The Labute approximate surface area is 129 Å². The summed E-state index contributed by atoms with van der Waals surface area (Å²) < 4.78 is 0. The van der Waals surface area contributed by atoms with Gasteiger partial charge in [-0.15, -0.1) is 0 Å². The Balaban J connectivity index is 1.58. The molecule has 0 radical (unpaired) electrons. The lowest BCUT2D eigenvalue weighted by Gasteiger charge is -2.07. The molecule has 112 valence electrons. The van der Waals surface area contributed by atoms with Crippen molar-refractivity contribution >= 4 is 5.69 Å². The molecule has 1 heterocycles. The molecule has 0 saturated carbocycles. The van der Waals surface area contributed by atoms with Gasteiger partial charge < -0.3 is 11.1 Å². The molecule has 0 amide bonds. The molecule has 0 bridgehead atoms. The first-order chi connectivity index (χ1) is 10.8. The molecule has 1 atom stereocenters. The minimum Gasteiger partial charge on any atom is -0.378 e. The lowest BCUT2D eigenvalue weighted by molar-refractivity contribution is 0.670. The average Bonchev–Trinajstić information content (AvgIpc) is 3.04. The van der Waals surface area contributed by atoms with Gasteiger partial charge in [-0.25, -0.2) is 4.98 Å². The largest absolute Gasteiger partial charge is 0.378 e. The maximum atomic E-state index is 6.18. The van der Waals surface area contributed by atoms with Gasteiger partial charge in [0, 0.05) is 5.69 Å². The molecule has 4 N–H and O–H groups in total. The van der Waals surface area contributed by atoms with E-state index in [4.69, 9.17) is 5.73 Å².